The zero-order valence-corrected chi connectivity index (χ0v) is 14.8. The Morgan fingerprint density at radius 1 is 1.19 bits per heavy atom. The third-order valence-corrected chi connectivity index (χ3v) is 4.92. The highest BCUT2D eigenvalue weighted by Gasteiger charge is 2.28. The number of likely N-dealkylation sites (tertiary alicyclic amines) is 1. The number of nitrogens with zero attached hydrogens (tertiary/aromatic N) is 2. The van der Waals surface area contributed by atoms with Crippen LogP contribution in [0.4, 0.5) is 10.1 Å². The molecule has 1 atom stereocenters. The summed E-state index contributed by atoms with van der Waals surface area (Å²) in [6, 6.07) is 10.3. The Kier molecular flexibility index (Phi) is 5.52. The third-order valence-electron chi connectivity index (χ3n) is 4.69. The second-order valence-corrected chi connectivity index (χ2v) is 6.85. The molecule has 5 nitrogen and oxygen atoms in total. The van der Waals surface area contributed by atoms with Crippen molar-refractivity contribution in [1.82, 2.24) is 4.90 Å². The molecule has 1 aliphatic heterocycles. The van der Waals surface area contributed by atoms with Gasteiger partial charge < -0.3 is 4.90 Å². The second kappa shape index (κ2) is 7.83. The molecule has 1 aliphatic rings. The van der Waals surface area contributed by atoms with E-state index in [4.69, 9.17) is 11.6 Å². The summed E-state index contributed by atoms with van der Waals surface area (Å²) in [6.07, 6.45) is 2.63. The maximum Gasteiger partial charge on any atom is 0.282 e. The van der Waals surface area contributed by atoms with Crippen LogP contribution in [0, 0.1) is 15.9 Å². The number of halogens is 2. The SMILES string of the molecule is O=C(c1cc(Cl)ccc1[N+](=O)[O-])N1CCCCC(c2ccc(F)cc2)C1. The lowest BCUT2D eigenvalue weighted by Crippen LogP contribution is -2.34. The lowest BCUT2D eigenvalue weighted by atomic mass is 9.94. The molecule has 1 saturated heterocycles. The molecule has 136 valence electrons. The van der Waals surface area contributed by atoms with Gasteiger partial charge in [-0.25, -0.2) is 4.39 Å². The molecule has 2 aromatic rings. The van der Waals surface area contributed by atoms with Gasteiger partial charge in [-0.1, -0.05) is 30.2 Å². The van der Waals surface area contributed by atoms with Gasteiger partial charge in [0, 0.05) is 30.1 Å². The standard InChI is InChI=1S/C19H18ClFN2O3/c20-15-6-9-18(23(25)26)17(11-15)19(24)22-10-2-1-3-14(12-22)13-4-7-16(21)8-5-13/h4-9,11,14H,1-3,10,12H2. The van der Waals surface area contributed by atoms with Crippen LogP contribution in [0.3, 0.4) is 0 Å². The van der Waals surface area contributed by atoms with Gasteiger partial charge in [0.25, 0.3) is 11.6 Å². The first-order valence-corrected chi connectivity index (χ1v) is 8.82. The quantitative estimate of drug-likeness (QED) is 0.571. The minimum atomic E-state index is -0.571. The molecule has 0 aromatic heterocycles. The summed E-state index contributed by atoms with van der Waals surface area (Å²) < 4.78 is 13.2. The first-order chi connectivity index (χ1) is 12.5. The molecule has 2 aromatic carbocycles. The number of hydrogen-bond acceptors (Lipinski definition) is 3. The largest absolute Gasteiger partial charge is 0.338 e. The first-order valence-electron chi connectivity index (χ1n) is 8.44. The third kappa shape index (κ3) is 4.02. The fraction of sp³-hybridized carbons (Fsp3) is 0.316. The van der Waals surface area contributed by atoms with E-state index in [2.05, 4.69) is 0 Å². The van der Waals surface area contributed by atoms with E-state index in [0.717, 1.165) is 24.8 Å². The van der Waals surface area contributed by atoms with Crippen LogP contribution in [0.2, 0.25) is 5.02 Å². The van der Waals surface area contributed by atoms with Gasteiger partial charge >= 0.3 is 0 Å². The van der Waals surface area contributed by atoms with E-state index < -0.39 is 10.8 Å². The second-order valence-electron chi connectivity index (χ2n) is 6.41. The van der Waals surface area contributed by atoms with Crippen molar-refractivity contribution in [2.24, 2.45) is 0 Å². The molecule has 26 heavy (non-hydrogen) atoms. The van der Waals surface area contributed by atoms with Gasteiger partial charge in [0.2, 0.25) is 0 Å². The molecular formula is C19H18ClFN2O3. The highest BCUT2D eigenvalue weighted by atomic mass is 35.5. The number of hydrogen-bond donors (Lipinski definition) is 0. The Bertz CT molecular complexity index is 826. The molecule has 7 heteroatoms. The van der Waals surface area contributed by atoms with Gasteiger partial charge in [0.1, 0.15) is 11.4 Å². The highest BCUT2D eigenvalue weighted by Crippen LogP contribution is 2.30. The molecule has 1 fully saturated rings. The van der Waals surface area contributed by atoms with Crippen LogP contribution in [0.1, 0.15) is 41.1 Å². The predicted molar refractivity (Wildman–Crippen MR) is 97.0 cm³/mol. The van der Waals surface area contributed by atoms with Crippen LogP contribution in [-0.4, -0.2) is 28.8 Å². The minimum Gasteiger partial charge on any atom is -0.338 e. The van der Waals surface area contributed by atoms with E-state index in [1.54, 1.807) is 17.0 Å². The number of nitro groups is 1. The van der Waals surface area contributed by atoms with Crippen molar-refractivity contribution in [3.05, 3.63) is 74.5 Å². The molecule has 1 unspecified atom stereocenters. The number of carbonyl (C=O) groups excluding carboxylic acids is 1. The van der Waals surface area contributed by atoms with E-state index in [1.165, 1.54) is 30.3 Å². The molecule has 0 bridgehead atoms. The fourth-order valence-corrected chi connectivity index (χ4v) is 3.51. The molecule has 0 radical (unpaired) electrons. The molecule has 0 N–H and O–H groups in total. The van der Waals surface area contributed by atoms with Crippen molar-refractivity contribution in [1.29, 1.82) is 0 Å². The summed E-state index contributed by atoms with van der Waals surface area (Å²) in [5, 5.41) is 11.5. The summed E-state index contributed by atoms with van der Waals surface area (Å²) in [4.78, 5) is 25.3. The summed E-state index contributed by atoms with van der Waals surface area (Å²) in [5.41, 5.74) is 0.718. The van der Waals surface area contributed by atoms with E-state index in [1.807, 2.05) is 0 Å². The molecular weight excluding hydrogens is 359 g/mol. The van der Waals surface area contributed by atoms with Gasteiger partial charge in [-0.2, -0.15) is 0 Å². The Morgan fingerprint density at radius 2 is 1.92 bits per heavy atom. The van der Waals surface area contributed by atoms with E-state index in [0.29, 0.717) is 13.1 Å². The van der Waals surface area contributed by atoms with E-state index >= 15 is 0 Å². The monoisotopic (exact) mass is 376 g/mol. The van der Waals surface area contributed by atoms with Crippen molar-refractivity contribution in [3.63, 3.8) is 0 Å². The fourth-order valence-electron chi connectivity index (χ4n) is 3.34. The van der Waals surface area contributed by atoms with Crippen LogP contribution in [-0.2, 0) is 0 Å². The topological polar surface area (TPSA) is 63.4 Å². The predicted octanol–water partition coefficient (Wildman–Crippen LogP) is 4.80. The molecule has 3 rings (SSSR count). The van der Waals surface area contributed by atoms with Crippen LogP contribution in [0.15, 0.2) is 42.5 Å². The van der Waals surface area contributed by atoms with Gasteiger partial charge in [-0.3, -0.25) is 14.9 Å². The Labute approximate surface area is 155 Å². The number of amides is 1. The lowest BCUT2D eigenvalue weighted by molar-refractivity contribution is -0.385. The number of carbonyl (C=O) groups is 1. The Balaban J connectivity index is 1.88. The summed E-state index contributed by atoms with van der Waals surface area (Å²) >= 11 is 5.95. The Hall–Kier alpha value is -2.47. The van der Waals surface area contributed by atoms with Gasteiger partial charge in [-0.05, 0) is 42.7 Å². The van der Waals surface area contributed by atoms with Crippen molar-refractivity contribution in [2.75, 3.05) is 13.1 Å². The average molecular weight is 377 g/mol. The zero-order chi connectivity index (χ0) is 18.7. The summed E-state index contributed by atoms with van der Waals surface area (Å²) in [5.74, 6) is -0.627. The van der Waals surface area contributed by atoms with Crippen LogP contribution < -0.4 is 0 Å². The lowest BCUT2D eigenvalue weighted by Gasteiger charge is -2.25. The summed E-state index contributed by atoms with van der Waals surface area (Å²) in [6.45, 7) is 0.967. The molecule has 0 spiro atoms. The highest BCUT2D eigenvalue weighted by molar-refractivity contribution is 6.31. The molecule has 1 heterocycles. The Morgan fingerprint density at radius 3 is 2.62 bits per heavy atom. The minimum absolute atomic E-state index is 0.00209. The zero-order valence-electron chi connectivity index (χ0n) is 14.0. The van der Waals surface area contributed by atoms with Crippen LogP contribution >= 0.6 is 11.6 Å². The van der Waals surface area contributed by atoms with Crippen molar-refractivity contribution >= 4 is 23.2 Å². The van der Waals surface area contributed by atoms with Gasteiger partial charge in [0.15, 0.2) is 0 Å². The maximum absolute atomic E-state index is 13.2. The number of nitro benzene ring substituents is 1. The first kappa shape index (κ1) is 18.3. The number of rotatable bonds is 3. The van der Waals surface area contributed by atoms with E-state index in [9.17, 15) is 19.3 Å². The van der Waals surface area contributed by atoms with Crippen molar-refractivity contribution in [3.8, 4) is 0 Å². The van der Waals surface area contributed by atoms with Crippen molar-refractivity contribution < 1.29 is 14.1 Å². The van der Waals surface area contributed by atoms with Crippen LogP contribution in [0.5, 0.6) is 0 Å². The summed E-state index contributed by atoms with van der Waals surface area (Å²) in [7, 11) is 0. The van der Waals surface area contributed by atoms with Gasteiger partial charge in [-0.15, -0.1) is 0 Å². The average Bonchev–Trinajstić information content (AvgIpc) is 2.87. The van der Waals surface area contributed by atoms with Crippen molar-refractivity contribution in [2.45, 2.75) is 25.2 Å². The van der Waals surface area contributed by atoms with Gasteiger partial charge in [0.05, 0.1) is 4.92 Å². The smallest absolute Gasteiger partial charge is 0.282 e. The molecule has 0 saturated carbocycles. The number of benzene rings is 2. The van der Waals surface area contributed by atoms with Crippen LogP contribution in [0.25, 0.3) is 0 Å². The van der Waals surface area contributed by atoms with E-state index in [-0.39, 0.29) is 28.0 Å². The normalized spacial score (nSPS) is 17.6. The maximum atomic E-state index is 13.2. The molecule has 0 aliphatic carbocycles. The molecule has 1 amide bonds.